The van der Waals surface area contributed by atoms with E-state index in [9.17, 15) is 0 Å². The van der Waals surface area contributed by atoms with E-state index in [-0.39, 0.29) is 12.5 Å². The normalized spacial score (nSPS) is 13.8. The van der Waals surface area contributed by atoms with Crippen LogP contribution in [-0.4, -0.2) is 16.7 Å². The van der Waals surface area contributed by atoms with Crippen LogP contribution in [0.1, 0.15) is 43.3 Å². The third-order valence-electron chi connectivity index (χ3n) is 1.81. The molecule has 0 spiro atoms. The van der Waals surface area contributed by atoms with Crippen LogP contribution in [0.5, 0.6) is 0 Å². The highest BCUT2D eigenvalue weighted by Crippen LogP contribution is 2.23. The van der Waals surface area contributed by atoms with Crippen LogP contribution < -0.4 is 0 Å². The Kier molecular flexibility index (Phi) is 3.23. The summed E-state index contributed by atoms with van der Waals surface area (Å²) in [6.45, 7) is 6.43. The summed E-state index contributed by atoms with van der Waals surface area (Å²) in [7, 11) is 0. The van der Waals surface area contributed by atoms with Crippen molar-refractivity contribution in [1.29, 1.82) is 0 Å². The highest BCUT2D eigenvalue weighted by atomic mass is 32.1. The molecule has 1 N–H and O–H groups in total. The highest BCUT2D eigenvalue weighted by molar-refractivity contribution is 7.09. The van der Waals surface area contributed by atoms with E-state index < -0.39 is 0 Å². The number of hydrogen-bond donors (Lipinski definition) is 1. The zero-order valence-corrected chi connectivity index (χ0v) is 8.56. The molecule has 0 saturated heterocycles. The van der Waals surface area contributed by atoms with E-state index in [0.29, 0.717) is 5.92 Å². The molecule has 0 aliphatic heterocycles. The van der Waals surface area contributed by atoms with Crippen molar-refractivity contribution in [3.05, 3.63) is 16.1 Å². The van der Waals surface area contributed by atoms with Crippen molar-refractivity contribution in [3.63, 3.8) is 0 Å². The Morgan fingerprint density at radius 1 is 1.50 bits per heavy atom. The van der Waals surface area contributed by atoms with Crippen LogP contribution in [-0.2, 0) is 0 Å². The lowest BCUT2D eigenvalue weighted by molar-refractivity contribution is 0.271. The molecule has 0 radical (unpaired) electrons. The number of thiazole rings is 1. The number of aromatic nitrogens is 1. The van der Waals surface area contributed by atoms with Crippen LogP contribution in [0.3, 0.4) is 0 Å². The van der Waals surface area contributed by atoms with Gasteiger partial charge in [-0.2, -0.15) is 0 Å². The van der Waals surface area contributed by atoms with Gasteiger partial charge in [0.05, 0.1) is 17.3 Å². The third-order valence-corrected chi connectivity index (χ3v) is 2.98. The van der Waals surface area contributed by atoms with Gasteiger partial charge in [0.25, 0.3) is 0 Å². The topological polar surface area (TPSA) is 33.1 Å². The van der Waals surface area contributed by atoms with Crippen LogP contribution >= 0.6 is 11.3 Å². The Morgan fingerprint density at radius 2 is 2.17 bits per heavy atom. The summed E-state index contributed by atoms with van der Waals surface area (Å²) >= 11 is 1.68. The largest absolute Gasteiger partial charge is 0.396 e. The van der Waals surface area contributed by atoms with Gasteiger partial charge in [-0.3, -0.25) is 0 Å². The van der Waals surface area contributed by atoms with Crippen molar-refractivity contribution in [2.75, 3.05) is 6.61 Å². The second-order valence-corrected chi connectivity index (χ2v) is 4.24. The first-order valence-corrected chi connectivity index (χ1v) is 5.09. The minimum Gasteiger partial charge on any atom is -0.396 e. The van der Waals surface area contributed by atoms with Gasteiger partial charge in [-0.15, -0.1) is 11.3 Å². The fourth-order valence-corrected chi connectivity index (χ4v) is 1.84. The van der Waals surface area contributed by atoms with Gasteiger partial charge in [0.1, 0.15) is 0 Å². The predicted octanol–water partition coefficient (Wildman–Crippen LogP) is 2.36. The number of hydrogen-bond acceptors (Lipinski definition) is 3. The molecular formula is C9H15NOS. The maximum Gasteiger partial charge on any atom is 0.0953 e. The van der Waals surface area contributed by atoms with Gasteiger partial charge >= 0.3 is 0 Å². The van der Waals surface area contributed by atoms with E-state index in [2.05, 4.69) is 18.8 Å². The molecule has 0 aliphatic rings. The molecule has 0 fully saturated rings. The standard InChI is InChI=1S/C9H15NOS/c1-6(2)9-10-8(5-12-9)7(3)4-11/h5-7,11H,4H2,1-3H3. The summed E-state index contributed by atoms with van der Waals surface area (Å²) in [5.41, 5.74) is 1.02. The summed E-state index contributed by atoms with van der Waals surface area (Å²) in [5, 5.41) is 12.1. The fraction of sp³-hybridized carbons (Fsp3) is 0.667. The zero-order valence-electron chi connectivity index (χ0n) is 7.74. The number of aliphatic hydroxyl groups excluding tert-OH is 1. The minimum atomic E-state index is 0.175. The zero-order chi connectivity index (χ0) is 9.14. The van der Waals surface area contributed by atoms with Gasteiger partial charge in [0.2, 0.25) is 0 Å². The summed E-state index contributed by atoms with van der Waals surface area (Å²) < 4.78 is 0. The van der Waals surface area contributed by atoms with Crippen molar-refractivity contribution in [3.8, 4) is 0 Å². The molecule has 1 unspecified atom stereocenters. The van der Waals surface area contributed by atoms with Gasteiger partial charge in [-0.25, -0.2) is 4.98 Å². The van der Waals surface area contributed by atoms with Crippen LogP contribution in [0, 0.1) is 0 Å². The van der Waals surface area contributed by atoms with Crippen LogP contribution in [0.15, 0.2) is 5.38 Å². The van der Waals surface area contributed by atoms with E-state index in [4.69, 9.17) is 5.11 Å². The summed E-state index contributed by atoms with van der Waals surface area (Å²) in [6, 6.07) is 0. The second-order valence-electron chi connectivity index (χ2n) is 3.35. The quantitative estimate of drug-likeness (QED) is 0.784. The molecule has 0 amide bonds. The van der Waals surface area contributed by atoms with Crippen LogP contribution in [0.25, 0.3) is 0 Å². The van der Waals surface area contributed by atoms with E-state index >= 15 is 0 Å². The van der Waals surface area contributed by atoms with E-state index in [0.717, 1.165) is 10.7 Å². The van der Waals surface area contributed by atoms with E-state index in [1.807, 2.05) is 12.3 Å². The molecule has 0 saturated carbocycles. The molecule has 1 atom stereocenters. The van der Waals surface area contributed by atoms with Gasteiger partial charge in [0.15, 0.2) is 0 Å². The van der Waals surface area contributed by atoms with Crippen molar-refractivity contribution in [2.45, 2.75) is 32.6 Å². The summed E-state index contributed by atoms with van der Waals surface area (Å²) in [5.74, 6) is 0.670. The first kappa shape index (κ1) is 9.68. The third kappa shape index (κ3) is 2.05. The van der Waals surface area contributed by atoms with Crippen molar-refractivity contribution >= 4 is 11.3 Å². The lowest BCUT2D eigenvalue weighted by Gasteiger charge is -2.02. The van der Waals surface area contributed by atoms with E-state index in [1.165, 1.54) is 0 Å². The lowest BCUT2D eigenvalue weighted by Crippen LogP contribution is -1.99. The number of rotatable bonds is 3. The van der Waals surface area contributed by atoms with Crippen molar-refractivity contribution in [1.82, 2.24) is 4.98 Å². The Balaban J connectivity index is 2.77. The smallest absolute Gasteiger partial charge is 0.0953 e. The average Bonchev–Trinajstić information content (AvgIpc) is 2.51. The van der Waals surface area contributed by atoms with E-state index in [1.54, 1.807) is 11.3 Å². The van der Waals surface area contributed by atoms with Crippen LogP contribution in [0.2, 0.25) is 0 Å². The fourth-order valence-electron chi connectivity index (χ4n) is 0.886. The van der Waals surface area contributed by atoms with Gasteiger partial charge in [-0.05, 0) is 0 Å². The Labute approximate surface area is 77.3 Å². The highest BCUT2D eigenvalue weighted by Gasteiger charge is 2.10. The average molecular weight is 185 g/mol. The molecule has 1 aromatic heterocycles. The van der Waals surface area contributed by atoms with Crippen LogP contribution in [0.4, 0.5) is 0 Å². The summed E-state index contributed by atoms with van der Waals surface area (Å²) in [6.07, 6.45) is 0. The molecule has 0 bridgehead atoms. The molecule has 68 valence electrons. The van der Waals surface area contributed by atoms with Gasteiger partial charge in [0, 0.05) is 17.2 Å². The Morgan fingerprint density at radius 3 is 2.58 bits per heavy atom. The second kappa shape index (κ2) is 4.01. The SMILES string of the molecule is CC(C)c1nc(C(C)CO)cs1. The molecule has 12 heavy (non-hydrogen) atoms. The maximum absolute atomic E-state index is 8.90. The monoisotopic (exact) mass is 185 g/mol. The minimum absolute atomic E-state index is 0.175. The van der Waals surface area contributed by atoms with Gasteiger partial charge < -0.3 is 5.11 Å². The molecular weight excluding hydrogens is 170 g/mol. The molecule has 2 nitrogen and oxygen atoms in total. The first-order chi connectivity index (χ1) is 5.65. The Hall–Kier alpha value is -0.410. The number of nitrogens with zero attached hydrogens (tertiary/aromatic N) is 1. The molecule has 3 heteroatoms. The molecule has 0 aliphatic carbocycles. The first-order valence-electron chi connectivity index (χ1n) is 4.21. The van der Waals surface area contributed by atoms with Gasteiger partial charge in [-0.1, -0.05) is 20.8 Å². The maximum atomic E-state index is 8.90. The van der Waals surface area contributed by atoms with Crippen molar-refractivity contribution in [2.24, 2.45) is 0 Å². The molecule has 1 rings (SSSR count). The predicted molar refractivity (Wildman–Crippen MR) is 51.7 cm³/mol. The Bertz CT molecular complexity index is 244. The molecule has 0 aromatic carbocycles. The lowest BCUT2D eigenvalue weighted by atomic mass is 10.1. The molecule has 1 heterocycles. The summed E-state index contributed by atoms with van der Waals surface area (Å²) in [4.78, 5) is 4.44. The molecule has 1 aromatic rings. The number of aliphatic hydroxyl groups is 1. The van der Waals surface area contributed by atoms with Crippen molar-refractivity contribution < 1.29 is 5.11 Å².